The van der Waals surface area contributed by atoms with Gasteiger partial charge in [0, 0.05) is 30.1 Å². The molecule has 1 saturated heterocycles. The van der Waals surface area contributed by atoms with Crippen molar-refractivity contribution in [2.24, 2.45) is 0 Å². The molecule has 2 aromatic rings. The number of rotatable bonds is 6. The normalized spacial score (nSPS) is 17.5. The first kappa shape index (κ1) is 23.3. The number of carbonyl (C=O) groups is 3. The van der Waals surface area contributed by atoms with E-state index < -0.39 is 17.1 Å². The fourth-order valence-electron chi connectivity index (χ4n) is 3.92. The van der Waals surface area contributed by atoms with Crippen molar-refractivity contribution in [1.82, 2.24) is 4.90 Å². The van der Waals surface area contributed by atoms with E-state index in [1.807, 2.05) is 12.1 Å². The summed E-state index contributed by atoms with van der Waals surface area (Å²) in [5.41, 5.74) is 0.877. The summed E-state index contributed by atoms with van der Waals surface area (Å²) in [4.78, 5) is 43.3. The van der Waals surface area contributed by atoms with Gasteiger partial charge in [-0.25, -0.2) is 0 Å². The number of ether oxygens (including phenoxy) is 2. The van der Waals surface area contributed by atoms with Gasteiger partial charge >= 0.3 is 0 Å². The minimum atomic E-state index is -0.912. The fourth-order valence-corrected chi connectivity index (χ4v) is 5.36. The molecule has 8 nitrogen and oxygen atoms in total. The average Bonchev–Trinajstić information content (AvgIpc) is 3.36. The van der Waals surface area contributed by atoms with Crippen molar-refractivity contribution in [3.63, 3.8) is 0 Å². The Morgan fingerprint density at radius 1 is 1.15 bits per heavy atom. The molecule has 0 aromatic heterocycles. The maximum atomic E-state index is 13.4. The lowest BCUT2D eigenvalue weighted by atomic mass is 10.2. The number of nitrogens with zero attached hydrogens (tertiary/aromatic N) is 2. The average molecular weight is 490 g/mol. The molecule has 0 saturated carbocycles. The molecule has 0 spiro atoms. The monoisotopic (exact) mass is 489 g/mol. The first-order chi connectivity index (χ1) is 15.9. The van der Waals surface area contributed by atoms with Crippen molar-refractivity contribution in [2.75, 3.05) is 44.1 Å². The van der Waals surface area contributed by atoms with Crippen LogP contribution < -0.4 is 19.7 Å². The van der Waals surface area contributed by atoms with Gasteiger partial charge in [-0.15, -0.1) is 11.8 Å². The van der Waals surface area contributed by atoms with E-state index in [-0.39, 0.29) is 23.2 Å². The highest BCUT2D eigenvalue weighted by Crippen LogP contribution is 2.40. The van der Waals surface area contributed by atoms with E-state index >= 15 is 0 Å². The molecule has 1 atom stereocenters. The topological polar surface area (TPSA) is 88.2 Å². The van der Waals surface area contributed by atoms with Crippen molar-refractivity contribution in [2.45, 2.75) is 23.0 Å². The molecule has 174 valence electrons. The molecule has 10 heteroatoms. The predicted molar refractivity (Wildman–Crippen MR) is 127 cm³/mol. The molecule has 0 aliphatic carbocycles. The summed E-state index contributed by atoms with van der Waals surface area (Å²) in [5.74, 6) is -0.269. The highest BCUT2D eigenvalue weighted by atomic mass is 35.5. The number of nitrogens with one attached hydrogen (secondary N) is 1. The van der Waals surface area contributed by atoms with Crippen molar-refractivity contribution in [3.05, 3.63) is 41.4 Å². The molecule has 1 fully saturated rings. The van der Waals surface area contributed by atoms with Gasteiger partial charge in [-0.05, 0) is 25.0 Å². The summed E-state index contributed by atoms with van der Waals surface area (Å²) in [6.45, 7) is 1.04. The van der Waals surface area contributed by atoms with Crippen LogP contribution in [0.25, 0.3) is 0 Å². The second-order valence-corrected chi connectivity index (χ2v) is 9.21. The van der Waals surface area contributed by atoms with Crippen LogP contribution in [-0.2, 0) is 14.4 Å². The lowest BCUT2D eigenvalue weighted by Crippen LogP contribution is -2.51. The quantitative estimate of drug-likeness (QED) is 0.625. The van der Waals surface area contributed by atoms with E-state index in [0.717, 1.165) is 17.7 Å². The molecule has 2 heterocycles. The number of anilines is 2. The highest BCUT2D eigenvalue weighted by Gasteiger charge is 2.41. The Labute approximate surface area is 201 Å². The van der Waals surface area contributed by atoms with Gasteiger partial charge in [0.05, 0.1) is 24.9 Å². The largest absolute Gasteiger partial charge is 0.497 e. The predicted octanol–water partition coefficient (Wildman–Crippen LogP) is 3.43. The van der Waals surface area contributed by atoms with E-state index in [9.17, 15) is 14.4 Å². The minimum Gasteiger partial charge on any atom is -0.497 e. The van der Waals surface area contributed by atoms with E-state index in [2.05, 4.69) is 5.32 Å². The first-order valence-electron chi connectivity index (χ1n) is 10.5. The van der Waals surface area contributed by atoms with Gasteiger partial charge in [0.1, 0.15) is 23.7 Å². The van der Waals surface area contributed by atoms with Crippen LogP contribution in [0.3, 0.4) is 0 Å². The first-order valence-corrected chi connectivity index (χ1v) is 11.8. The van der Waals surface area contributed by atoms with E-state index in [0.29, 0.717) is 30.3 Å². The fraction of sp³-hybridized carbons (Fsp3) is 0.348. The molecule has 0 bridgehead atoms. The smallest absolute Gasteiger partial charge is 0.250 e. The summed E-state index contributed by atoms with van der Waals surface area (Å²) >= 11 is 7.56. The van der Waals surface area contributed by atoms with Crippen LogP contribution in [0.2, 0.25) is 5.02 Å². The zero-order valence-electron chi connectivity index (χ0n) is 18.3. The SMILES string of the molecule is COc1cc(Cl)c(NC(=O)CN2C(=O)[C@@H](C(=O)N3CCCC3)Sc3ccccc32)c(OC)c1. The third kappa shape index (κ3) is 4.74. The molecule has 1 N–H and O–H groups in total. The Kier molecular flexibility index (Phi) is 6.99. The van der Waals surface area contributed by atoms with Crippen LogP contribution >= 0.6 is 23.4 Å². The van der Waals surface area contributed by atoms with Crippen LogP contribution in [0.1, 0.15) is 12.8 Å². The number of fused-ring (bicyclic) bond motifs is 1. The number of methoxy groups -OCH3 is 2. The summed E-state index contributed by atoms with van der Waals surface area (Å²) in [5, 5.41) is 2.06. The second-order valence-electron chi connectivity index (χ2n) is 7.66. The number of hydrogen-bond acceptors (Lipinski definition) is 6. The maximum absolute atomic E-state index is 13.4. The van der Waals surface area contributed by atoms with Gasteiger partial charge in [0.25, 0.3) is 5.91 Å². The van der Waals surface area contributed by atoms with E-state index in [4.69, 9.17) is 21.1 Å². The molecule has 2 aromatic carbocycles. The minimum absolute atomic E-state index is 0.206. The van der Waals surface area contributed by atoms with E-state index in [1.165, 1.54) is 30.9 Å². The number of thioether (sulfide) groups is 1. The Morgan fingerprint density at radius 3 is 2.58 bits per heavy atom. The van der Waals surface area contributed by atoms with Crippen LogP contribution in [0, 0.1) is 0 Å². The Bertz CT molecular complexity index is 1090. The van der Waals surface area contributed by atoms with E-state index in [1.54, 1.807) is 29.2 Å². The van der Waals surface area contributed by atoms with Gasteiger partial charge in [0.2, 0.25) is 11.8 Å². The zero-order valence-corrected chi connectivity index (χ0v) is 19.9. The van der Waals surface area contributed by atoms with Gasteiger partial charge in [-0.3, -0.25) is 14.4 Å². The molecule has 0 radical (unpaired) electrons. The van der Waals surface area contributed by atoms with Crippen molar-refractivity contribution < 1.29 is 23.9 Å². The highest BCUT2D eigenvalue weighted by molar-refractivity contribution is 8.01. The summed E-state index contributed by atoms with van der Waals surface area (Å²) in [7, 11) is 2.96. The molecule has 33 heavy (non-hydrogen) atoms. The number of carbonyl (C=O) groups excluding carboxylic acids is 3. The number of benzene rings is 2. The number of para-hydroxylation sites is 1. The third-order valence-electron chi connectivity index (χ3n) is 5.58. The lowest BCUT2D eigenvalue weighted by molar-refractivity contribution is -0.134. The molecular formula is C23H24ClN3O5S. The third-order valence-corrected chi connectivity index (χ3v) is 7.12. The molecule has 2 aliphatic heterocycles. The second kappa shape index (κ2) is 9.93. The standard InChI is InChI=1S/C23H24ClN3O5S/c1-31-14-11-15(24)20(17(12-14)32-2)25-19(28)13-27-16-7-3-4-8-18(16)33-21(23(27)30)22(29)26-9-5-6-10-26/h3-4,7-8,11-12,21H,5-6,9-10,13H2,1-2H3,(H,25,28)/t21-/m1/s1. The molecule has 3 amide bonds. The molecule has 0 unspecified atom stereocenters. The Hall–Kier alpha value is -2.91. The Balaban J connectivity index is 1.58. The van der Waals surface area contributed by atoms with Crippen LogP contribution in [0.5, 0.6) is 11.5 Å². The van der Waals surface area contributed by atoms with Crippen molar-refractivity contribution in [3.8, 4) is 11.5 Å². The number of amides is 3. The van der Waals surface area contributed by atoms with Crippen LogP contribution in [0.4, 0.5) is 11.4 Å². The van der Waals surface area contributed by atoms with Gasteiger partial charge in [-0.1, -0.05) is 23.7 Å². The summed E-state index contributed by atoms with van der Waals surface area (Å²) in [6, 6.07) is 10.4. The van der Waals surface area contributed by atoms with Crippen LogP contribution in [-0.4, -0.2) is 61.7 Å². The summed E-state index contributed by atoms with van der Waals surface area (Å²) < 4.78 is 10.5. The number of hydrogen-bond donors (Lipinski definition) is 1. The van der Waals surface area contributed by atoms with Crippen molar-refractivity contribution >= 4 is 52.5 Å². The van der Waals surface area contributed by atoms with Gasteiger partial charge < -0.3 is 24.6 Å². The molecule has 4 rings (SSSR count). The molecular weight excluding hydrogens is 466 g/mol. The van der Waals surface area contributed by atoms with Crippen LogP contribution in [0.15, 0.2) is 41.3 Å². The molecule has 2 aliphatic rings. The lowest BCUT2D eigenvalue weighted by Gasteiger charge is -2.34. The van der Waals surface area contributed by atoms with Crippen molar-refractivity contribution in [1.29, 1.82) is 0 Å². The maximum Gasteiger partial charge on any atom is 0.250 e. The Morgan fingerprint density at radius 2 is 1.88 bits per heavy atom. The zero-order chi connectivity index (χ0) is 23.5. The summed E-state index contributed by atoms with van der Waals surface area (Å²) in [6.07, 6.45) is 1.87. The van der Waals surface area contributed by atoms with Gasteiger partial charge in [-0.2, -0.15) is 0 Å². The number of likely N-dealkylation sites (tertiary alicyclic amines) is 1. The van der Waals surface area contributed by atoms with Gasteiger partial charge in [0.15, 0.2) is 5.25 Å². The number of halogens is 1.